The molecule has 27 heavy (non-hydrogen) atoms. The van der Waals surface area contributed by atoms with Crippen LogP contribution in [-0.4, -0.2) is 40.3 Å². The van der Waals surface area contributed by atoms with Crippen LogP contribution in [0.5, 0.6) is 11.5 Å². The molecule has 0 aliphatic rings. The van der Waals surface area contributed by atoms with Gasteiger partial charge in [0.2, 0.25) is 11.7 Å². The number of hydrogen-bond donors (Lipinski definition) is 1. The predicted molar refractivity (Wildman–Crippen MR) is 96.4 cm³/mol. The average Bonchev–Trinajstić information content (AvgIpc) is 3.11. The molecule has 0 saturated heterocycles. The molecule has 3 rings (SSSR count). The first kappa shape index (κ1) is 18.6. The third-order valence-corrected chi connectivity index (χ3v) is 3.90. The summed E-state index contributed by atoms with van der Waals surface area (Å²) in [6.45, 7) is -0.227. The van der Waals surface area contributed by atoms with Crippen molar-refractivity contribution in [3.8, 4) is 22.9 Å². The monoisotopic (exact) mass is 391 g/mol. The van der Waals surface area contributed by atoms with Crippen molar-refractivity contribution in [2.75, 3.05) is 19.5 Å². The zero-order valence-electron chi connectivity index (χ0n) is 14.4. The number of halogens is 2. The lowest BCUT2D eigenvalue weighted by Gasteiger charge is -2.12. The van der Waals surface area contributed by atoms with Gasteiger partial charge in [-0.1, -0.05) is 23.7 Å². The molecule has 1 N–H and O–H groups in total. The highest BCUT2D eigenvalue weighted by molar-refractivity contribution is 6.32. The Bertz CT molecular complexity index is 979. The first-order valence-corrected chi connectivity index (χ1v) is 8.13. The number of ether oxygens (including phenoxy) is 2. The number of tetrazole rings is 1. The number of benzene rings is 2. The minimum atomic E-state index is -0.473. The van der Waals surface area contributed by atoms with Gasteiger partial charge in [-0.15, -0.1) is 10.2 Å². The van der Waals surface area contributed by atoms with Gasteiger partial charge < -0.3 is 14.8 Å². The molecule has 0 bridgehead atoms. The van der Waals surface area contributed by atoms with Crippen LogP contribution in [0, 0.1) is 5.82 Å². The van der Waals surface area contributed by atoms with E-state index in [1.165, 1.54) is 32.4 Å². The Morgan fingerprint density at radius 3 is 2.67 bits per heavy atom. The maximum Gasteiger partial charge on any atom is 0.248 e. The second-order valence-electron chi connectivity index (χ2n) is 5.36. The summed E-state index contributed by atoms with van der Waals surface area (Å²) >= 11 is 6.04. The molecule has 10 heteroatoms. The Kier molecular flexibility index (Phi) is 5.51. The summed E-state index contributed by atoms with van der Waals surface area (Å²) in [6, 6.07) is 9.11. The van der Waals surface area contributed by atoms with Gasteiger partial charge in [-0.25, -0.2) is 4.39 Å². The molecule has 0 radical (unpaired) electrons. The van der Waals surface area contributed by atoms with Gasteiger partial charge in [-0.2, -0.15) is 4.80 Å². The highest BCUT2D eigenvalue weighted by Crippen LogP contribution is 2.35. The number of nitrogens with zero attached hydrogens (tertiary/aromatic N) is 4. The van der Waals surface area contributed by atoms with Crippen molar-refractivity contribution in [2.45, 2.75) is 6.54 Å². The van der Waals surface area contributed by atoms with Crippen LogP contribution in [0.4, 0.5) is 10.1 Å². The number of rotatable bonds is 6. The van der Waals surface area contributed by atoms with Gasteiger partial charge in [-0.3, -0.25) is 4.79 Å². The lowest BCUT2D eigenvalue weighted by atomic mass is 10.2. The normalized spacial score (nSPS) is 10.5. The van der Waals surface area contributed by atoms with E-state index in [1.807, 2.05) is 0 Å². The number of methoxy groups -OCH3 is 2. The van der Waals surface area contributed by atoms with Crippen LogP contribution in [0.25, 0.3) is 11.4 Å². The molecule has 0 fully saturated rings. The van der Waals surface area contributed by atoms with Gasteiger partial charge in [0.05, 0.1) is 30.5 Å². The van der Waals surface area contributed by atoms with Crippen molar-refractivity contribution in [3.05, 3.63) is 47.2 Å². The van der Waals surface area contributed by atoms with Gasteiger partial charge in [0.1, 0.15) is 23.9 Å². The first-order valence-electron chi connectivity index (χ1n) is 7.76. The fourth-order valence-electron chi connectivity index (χ4n) is 2.34. The predicted octanol–water partition coefficient (Wildman–Crippen LogP) is 2.79. The number of nitrogens with one attached hydrogen (secondary N) is 1. The second kappa shape index (κ2) is 8.00. The van der Waals surface area contributed by atoms with Crippen LogP contribution in [-0.2, 0) is 11.3 Å². The molecule has 3 aromatic rings. The highest BCUT2D eigenvalue weighted by atomic mass is 35.5. The Morgan fingerprint density at radius 1 is 1.22 bits per heavy atom. The Morgan fingerprint density at radius 2 is 1.96 bits per heavy atom. The molecule has 1 aromatic heterocycles. The molecular weight excluding hydrogens is 377 g/mol. The van der Waals surface area contributed by atoms with Crippen molar-refractivity contribution < 1.29 is 18.7 Å². The van der Waals surface area contributed by atoms with Crippen molar-refractivity contribution >= 4 is 23.2 Å². The molecule has 0 aliphatic heterocycles. The molecule has 0 saturated carbocycles. The third-order valence-electron chi connectivity index (χ3n) is 3.60. The van der Waals surface area contributed by atoms with Crippen LogP contribution >= 0.6 is 11.6 Å². The van der Waals surface area contributed by atoms with E-state index in [4.69, 9.17) is 21.1 Å². The molecule has 0 spiro atoms. The van der Waals surface area contributed by atoms with Crippen LogP contribution in [0.15, 0.2) is 36.4 Å². The average molecular weight is 392 g/mol. The molecular formula is C17H15ClFN5O3. The number of hydrogen-bond acceptors (Lipinski definition) is 6. The van der Waals surface area contributed by atoms with Gasteiger partial charge in [-0.05, 0) is 17.3 Å². The number of anilines is 1. The van der Waals surface area contributed by atoms with E-state index in [2.05, 4.69) is 20.7 Å². The molecule has 0 aliphatic carbocycles. The van der Waals surface area contributed by atoms with Crippen LogP contribution in [0.3, 0.4) is 0 Å². The minimum absolute atomic E-state index is 0.0895. The SMILES string of the molecule is COc1cc(NC(=O)Cn2nnc(-c3ccccc3F)n2)c(OC)cc1Cl. The molecule has 2 aromatic carbocycles. The van der Waals surface area contributed by atoms with E-state index in [0.717, 1.165) is 4.80 Å². The second-order valence-corrected chi connectivity index (χ2v) is 5.77. The molecule has 1 amide bonds. The summed E-state index contributed by atoms with van der Waals surface area (Å²) < 4.78 is 24.1. The van der Waals surface area contributed by atoms with Gasteiger partial charge in [0.15, 0.2) is 0 Å². The molecule has 8 nitrogen and oxygen atoms in total. The Hall–Kier alpha value is -3.20. The smallest absolute Gasteiger partial charge is 0.248 e. The van der Waals surface area contributed by atoms with Crippen molar-refractivity contribution in [2.24, 2.45) is 0 Å². The maximum atomic E-state index is 13.8. The fraction of sp³-hybridized carbons (Fsp3) is 0.176. The topological polar surface area (TPSA) is 91.2 Å². The quantitative estimate of drug-likeness (QED) is 0.694. The maximum absolute atomic E-state index is 13.8. The van der Waals surface area contributed by atoms with E-state index in [9.17, 15) is 9.18 Å². The first-order chi connectivity index (χ1) is 13.0. The fourth-order valence-corrected chi connectivity index (χ4v) is 2.57. The number of carbonyl (C=O) groups is 1. The highest BCUT2D eigenvalue weighted by Gasteiger charge is 2.15. The number of aromatic nitrogens is 4. The zero-order chi connectivity index (χ0) is 19.4. The van der Waals surface area contributed by atoms with E-state index in [1.54, 1.807) is 18.2 Å². The molecule has 1 heterocycles. The van der Waals surface area contributed by atoms with E-state index < -0.39 is 11.7 Å². The lowest BCUT2D eigenvalue weighted by Crippen LogP contribution is -2.21. The number of carbonyl (C=O) groups excluding carboxylic acids is 1. The van der Waals surface area contributed by atoms with Crippen LogP contribution in [0.2, 0.25) is 5.02 Å². The largest absolute Gasteiger partial charge is 0.495 e. The van der Waals surface area contributed by atoms with Gasteiger partial charge in [0.25, 0.3) is 0 Å². The zero-order valence-corrected chi connectivity index (χ0v) is 15.2. The Labute approximate surface area is 158 Å². The van der Waals surface area contributed by atoms with Crippen LogP contribution < -0.4 is 14.8 Å². The Balaban J connectivity index is 1.75. The summed E-state index contributed by atoms with van der Waals surface area (Å²) in [5.41, 5.74) is 0.575. The standard InChI is InChI=1S/C17H15ClFN5O3/c1-26-14-8-13(15(27-2)7-11(14)18)20-16(25)9-24-22-17(21-23-24)10-5-3-4-6-12(10)19/h3-8H,9H2,1-2H3,(H,20,25). The summed E-state index contributed by atoms with van der Waals surface area (Å²) in [4.78, 5) is 13.4. The van der Waals surface area contributed by atoms with E-state index in [0.29, 0.717) is 22.2 Å². The van der Waals surface area contributed by atoms with E-state index in [-0.39, 0.29) is 17.9 Å². The molecule has 0 atom stereocenters. The summed E-state index contributed by atoms with van der Waals surface area (Å²) in [5.74, 6) is -0.0671. The van der Waals surface area contributed by atoms with Crippen molar-refractivity contribution in [3.63, 3.8) is 0 Å². The van der Waals surface area contributed by atoms with Crippen molar-refractivity contribution in [1.82, 2.24) is 20.2 Å². The third kappa shape index (κ3) is 4.14. The van der Waals surface area contributed by atoms with Crippen LogP contribution in [0.1, 0.15) is 0 Å². The van der Waals surface area contributed by atoms with E-state index >= 15 is 0 Å². The summed E-state index contributed by atoms with van der Waals surface area (Å²) in [7, 11) is 2.91. The molecule has 140 valence electrons. The summed E-state index contributed by atoms with van der Waals surface area (Å²) in [6.07, 6.45) is 0. The number of amides is 1. The summed E-state index contributed by atoms with van der Waals surface area (Å²) in [5, 5.41) is 14.6. The minimum Gasteiger partial charge on any atom is -0.495 e. The van der Waals surface area contributed by atoms with Gasteiger partial charge >= 0.3 is 0 Å². The van der Waals surface area contributed by atoms with Crippen molar-refractivity contribution in [1.29, 1.82) is 0 Å². The lowest BCUT2D eigenvalue weighted by molar-refractivity contribution is -0.117. The van der Waals surface area contributed by atoms with Gasteiger partial charge in [0, 0.05) is 12.1 Å². The molecule has 0 unspecified atom stereocenters.